The zero-order chi connectivity index (χ0) is 12.5. The largest absolute Gasteiger partial charge is 0.481 e. The van der Waals surface area contributed by atoms with Gasteiger partial charge in [-0.05, 0) is 12.5 Å². The van der Waals surface area contributed by atoms with Gasteiger partial charge in [0.1, 0.15) is 0 Å². The van der Waals surface area contributed by atoms with Crippen LogP contribution >= 0.6 is 0 Å². The maximum atomic E-state index is 6.06. The Morgan fingerprint density at radius 2 is 2.33 bits per heavy atom. The summed E-state index contributed by atoms with van der Waals surface area (Å²) in [6, 6.07) is 3.71. The van der Waals surface area contributed by atoms with Gasteiger partial charge in [-0.25, -0.2) is 4.98 Å². The average Bonchev–Trinajstić information content (AvgIpc) is 2.91. The molecule has 5 heteroatoms. The Morgan fingerprint density at radius 1 is 1.44 bits per heavy atom. The molecule has 5 nitrogen and oxygen atoms in total. The topological polar surface area (TPSA) is 70.3 Å². The highest BCUT2D eigenvalue weighted by Gasteiger charge is 2.23. The Bertz CT molecular complexity index is 580. The Morgan fingerprint density at radius 3 is 3.06 bits per heavy atom. The van der Waals surface area contributed by atoms with E-state index in [2.05, 4.69) is 9.97 Å². The second-order valence-corrected chi connectivity index (χ2v) is 4.41. The molecule has 0 amide bonds. The number of aromatic nitrogens is 2. The molecule has 18 heavy (non-hydrogen) atoms. The summed E-state index contributed by atoms with van der Waals surface area (Å²) in [6.07, 6.45) is 2.67. The van der Waals surface area contributed by atoms with Gasteiger partial charge in [0.25, 0.3) is 0 Å². The number of nitrogen functional groups attached to an aromatic ring is 1. The van der Waals surface area contributed by atoms with Crippen LogP contribution in [0.25, 0.3) is 11.0 Å². The van der Waals surface area contributed by atoms with Crippen molar-refractivity contribution in [1.82, 2.24) is 9.97 Å². The predicted molar refractivity (Wildman–Crippen MR) is 68.7 cm³/mol. The van der Waals surface area contributed by atoms with Crippen molar-refractivity contribution in [1.29, 1.82) is 0 Å². The van der Waals surface area contributed by atoms with Crippen LogP contribution in [0.15, 0.2) is 18.3 Å². The van der Waals surface area contributed by atoms with Crippen LogP contribution in [0.4, 0.5) is 5.69 Å². The molecule has 3 rings (SSSR count). The number of rotatable bonds is 2. The summed E-state index contributed by atoms with van der Waals surface area (Å²) >= 11 is 0. The smallest absolute Gasteiger partial charge is 0.213 e. The van der Waals surface area contributed by atoms with Crippen molar-refractivity contribution in [3.8, 4) is 5.88 Å². The normalized spacial score (nSPS) is 19.3. The Kier molecular flexibility index (Phi) is 2.76. The first-order valence-electron chi connectivity index (χ1n) is 5.96. The van der Waals surface area contributed by atoms with Crippen molar-refractivity contribution in [2.45, 2.75) is 12.3 Å². The van der Waals surface area contributed by atoms with Crippen LogP contribution in [0.2, 0.25) is 0 Å². The zero-order valence-corrected chi connectivity index (χ0v) is 10.2. The van der Waals surface area contributed by atoms with E-state index < -0.39 is 0 Å². The molecule has 1 aliphatic rings. The summed E-state index contributed by atoms with van der Waals surface area (Å²) < 4.78 is 10.6. The lowest BCUT2D eigenvalue weighted by Gasteiger charge is -2.14. The maximum Gasteiger partial charge on any atom is 0.213 e. The van der Waals surface area contributed by atoms with E-state index >= 15 is 0 Å². The molecule has 2 N–H and O–H groups in total. The number of anilines is 1. The number of hydrogen-bond donors (Lipinski definition) is 1. The Labute approximate surface area is 105 Å². The fourth-order valence-electron chi connectivity index (χ4n) is 2.39. The molecule has 0 aliphatic carbocycles. The molecule has 1 fully saturated rings. The third-order valence-electron chi connectivity index (χ3n) is 3.30. The Hall–Kier alpha value is -1.88. The van der Waals surface area contributed by atoms with E-state index in [-0.39, 0.29) is 0 Å². The first-order valence-corrected chi connectivity index (χ1v) is 5.96. The zero-order valence-electron chi connectivity index (χ0n) is 10.2. The van der Waals surface area contributed by atoms with Gasteiger partial charge in [-0.1, -0.05) is 0 Å². The molecule has 1 aliphatic heterocycles. The number of hydrogen-bond acceptors (Lipinski definition) is 5. The highest BCUT2D eigenvalue weighted by molar-refractivity contribution is 5.83. The summed E-state index contributed by atoms with van der Waals surface area (Å²) in [5.74, 6) is 0.880. The highest BCUT2D eigenvalue weighted by Crippen LogP contribution is 2.34. The van der Waals surface area contributed by atoms with E-state index in [1.54, 1.807) is 19.4 Å². The lowest BCUT2D eigenvalue weighted by atomic mass is 9.96. The number of pyridine rings is 2. The fraction of sp³-hybridized carbons (Fsp3) is 0.385. The van der Waals surface area contributed by atoms with Gasteiger partial charge in [0.05, 0.1) is 36.6 Å². The molecule has 0 radical (unpaired) electrons. The first kappa shape index (κ1) is 11.2. The number of methoxy groups -OCH3 is 1. The van der Waals surface area contributed by atoms with Crippen LogP contribution in [0, 0.1) is 0 Å². The van der Waals surface area contributed by atoms with Crippen molar-refractivity contribution >= 4 is 16.7 Å². The average molecular weight is 245 g/mol. The molecule has 2 aromatic rings. The van der Waals surface area contributed by atoms with E-state index in [0.717, 1.165) is 29.6 Å². The van der Waals surface area contributed by atoms with Crippen LogP contribution in [0.5, 0.6) is 5.88 Å². The molecule has 1 atom stereocenters. The highest BCUT2D eigenvalue weighted by atomic mass is 16.5. The maximum absolute atomic E-state index is 6.06. The third kappa shape index (κ3) is 1.76. The summed E-state index contributed by atoms with van der Waals surface area (Å²) in [5.41, 5.74) is 9.44. The summed E-state index contributed by atoms with van der Waals surface area (Å²) in [5, 5.41) is 0. The van der Waals surface area contributed by atoms with Crippen molar-refractivity contribution in [3.63, 3.8) is 0 Å². The lowest BCUT2D eigenvalue weighted by molar-refractivity contribution is 0.194. The molecular weight excluding hydrogens is 230 g/mol. The predicted octanol–water partition coefficient (Wildman–Crippen LogP) is 1.72. The van der Waals surface area contributed by atoms with Crippen molar-refractivity contribution in [2.75, 3.05) is 26.1 Å². The first-order chi connectivity index (χ1) is 8.79. The van der Waals surface area contributed by atoms with Gasteiger partial charge >= 0.3 is 0 Å². The van der Waals surface area contributed by atoms with Gasteiger partial charge in [-0.2, -0.15) is 0 Å². The van der Waals surface area contributed by atoms with Crippen LogP contribution in [-0.2, 0) is 4.74 Å². The van der Waals surface area contributed by atoms with Crippen LogP contribution < -0.4 is 10.5 Å². The second-order valence-electron chi connectivity index (χ2n) is 4.41. The second kappa shape index (κ2) is 4.42. The number of ether oxygens (including phenoxy) is 2. The summed E-state index contributed by atoms with van der Waals surface area (Å²) in [4.78, 5) is 8.78. The van der Waals surface area contributed by atoms with Crippen molar-refractivity contribution in [2.24, 2.45) is 0 Å². The molecular formula is C13H15N3O2. The third-order valence-corrected chi connectivity index (χ3v) is 3.30. The summed E-state index contributed by atoms with van der Waals surface area (Å²) in [7, 11) is 1.60. The van der Waals surface area contributed by atoms with Gasteiger partial charge in [0, 0.05) is 24.2 Å². The summed E-state index contributed by atoms with van der Waals surface area (Å²) in [6.45, 7) is 1.47. The molecule has 0 aromatic carbocycles. The lowest BCUT2D eigenvalue weighted by Crippen LogP contribution is -2.06. The minimum atomic E-state index is 0.301. The van der Waals surface area contributed by atoms with Gasteiger partial charge in [-0.15, -0.1) is 0 Å². The number of fused-ring (bicyclic) bond motifs is 1. The fourth-order valence-corrected chi connectivity index (χ4v) is 2.39. The Balaban J connectivity index is 2.22. The number of nitrogens with zero attached hydrogens (tertiary/aromatic N) is 2. The SMILES string of the molecule is COc1ccc2ncc(N)c(C3CCOC3)c2n1. The van der Waals surface area contributed by atoms with E-state index in [9.17, 15) is 0 Å². The van der Waals surface area contributed by atoms with Crippen molar-refractivity contribution in [3.05, 3.63) is 23.9 Å². The molecule has 0 bridgehead atoms. The monoisotopic (exact) mass is 245 g/mol. The van der Waals surface area contributed by atoms with Gasteiger partial charge < -0.3 is 15.2 Å². The van der Waals surface area contributed by atoms with E-state index in [1.807, 2.05) is 6.07 Å². The van der Waals surface area contributed by atoms with Gasteiger partial charge in [0.15, 0.2) is 0 Å². The van der Waals surface area contributed by atoms with Crippen LogP contribution in [-0.4, -0.2) is 30.3 Å². The van der Waals surface area contributed by atoms with E-state index in [1.165, 1.54) is 0 Å². The van der Waals surface area contributed by atoms with Crippen LogP contribution in [0.1, 0.15) is 17.9 Å². The van der Waals surface area contributed by atoms with Gasteiger partial charge in [0.2, 0.25) is 5.88 Å². The van der Waals surface area contributed by atoms with E-state index in [0.29, 0.717) is 24.1 Å². The quantitative estimate of drug-likeness (QED) is 0.872. The molecule has 0 spiro atoms. The minimum Gasteiger partial charge on any atom is -0.481 e. The molecule has 0 saturated carbocycles. The van der Waals surface area contributed by atoms with Gasteiger partial charge in [-0.3, -0.25) is 4.98 Å². The standard InChI is InChI=1S/C13H15N3O2/c1-17-11-3-2-10-13(16-11)12(9(14)6-15-10)8-4-5-18-7-8/h2-3,6,8H,4-5,7,14H2,1H3. The molecule has 1 saturated heterocycles. The van der Waals surface area contributed by atoms with Crippen molar-refractivity contribution < 1.29 is 9.47 Å². The van der Waals surface area contributed by atoms with Crippen LogP contribution in [0.3, 0.4) is 0 Å². The molecule has 2 aromatic heterocycles. The van der Waals surface area contributed by atoms with E-state index in [4.69, 9.17) is 15.2 Å². The number of nitrogens with two attached hydrogens (primary N) is 1. The minimum absolute atomic E-state index is 0.301. The molecule has 1 unspecified atom stereocenters. The molecule has 94 valence electrons. The molecule has 3 heterocycles.